The van der Waals surface area contributed by atoms with Crippen LogP contribution in [0.1, 0.15) is 42.2 Å². The summed E-state index contributed by atoms with van der Waals surface area (Å²) < 4.78 is 25.8. The zero-order valence-corrected chi connectivity index (χ0v) is 19.3. The second-order valence-corrected chi connectivity index (χ2v) is 7.52. The predicted octanol–water partition coefficient (Wildman–Crippen LogP) is 2.43. The number of benzene rings is 1. The van der Waals surface area contributed by atoms with Gasteiger partial charge in [-0.05, 0) is 25.8 Å². The maximum Gasteiger partial charge on any atom is 0.311 e. The number of nitrogen functional groups attached to an aromatic ring is 1. The first-order valence-electron chi connectivity index (χ1n) is 10.4. The van der Waals surface area contributed by atoms with Crippen LogP contribution in [-0.2, 0) is 6.42 Å². The summed E-state index contributed by atoms with van der Waals surface area (Å²) in [6.07, 6.45) is 9.96. The summed E-state index contributed by atoms with van der Waals surface area (Å²) in [6.45, 7) is 3.56. The largest absolute Gasteiger partial charge is 0.494 e. The standard InChI is InChI=1S/C20H23FN8O3.C2H2/c1-10(28(3)19(30)18-26-25-11(2)32-18)6-5-7-16-24-17-12-8-13(21)15(31-4)9-14(12)23-20(22)29(17)27-16;1-2/h8-10H,5-7H2,1-4H3,(H2,22,23);1-2H/t10-;/m0./s1. The Balaban J connectivity index is 0.00000158. The van der Waals surface area contributed by atoms with Crippen molar-refractivity contribution in [2.75, 3.05) is 19.9 Å². The molecule has 3 aromatic heterocycles. The number of methoxy groups -OCH3 is 1. The average molecular weight is 468 g/mol. The summed E-state index contributed by atoms with van der Waals surface area (Å²) in [6, 6.07) is 2.73. The molecule has 4 aromatic rings. The van der Waals surface area contributed by atoms with E-state index in [-0.39, 0.29) is 29.5 Å². The molecule has 0 fully saturated rings. The van der Waals surface area contributed by atoms with Gasteiger partial charge in [0, 0.05) is 37.9 Å². The number of halogens is 1. The minimum absolute atomic E-state index is 0.0300. The number of fused-ring (bicyclic) bond motifs is 3. The number of rotatable bonds is 7. The number of nitrogens with zero attached hydrogens (tertiary/aromatic N) is 7. The summed E-state index contributed by atoms with van der Waals surface area (Å²) in [5.41, 5.74) is 6.92. The molecule has 0 saturated carbocycles. The maximum absolute atomic E-state index is 14.2. The quantitative estimate of drug-likeness (QED) is 0.405. The van der Waals surface area contributed by atoms with Crippen LogP contribution in [0.2, 0.25) is 0 Å². The monoisotopic (exact) mass is 468 g/mol. The van der Waals surface area contributed by atoms with Gasteiger partial charge in [-0.25, -0.2) is 14.4 Å². The van der Waals surface area contributed by atoms with Gasteiger partial charge in [0.2, 0.25) is 11.8 Å². The molecule has 11 nitrogen and oxygen atoms in total. The lowest BCUT2D eigenvalue weighted by Crippen LogP contribution is -2.35. The molecule has 1 aromatic carbocycles. The van der Waals surface area contributed by atoms with Crippen LogP contribution in [0.4, 0.5) is 10.3 Å². The van der Waals surface area contributed by atoms with Crippen molar-refractivity contribution in [3.63, 3.8) is 0 Å². The van der Waals surface area contributed by atoms with E-state index >= 15 is 0 Å². The molecule has 4 rings (SSSR count). The van der Waals surface area contributed by atoms with E-state index < -0.39 is 5.82 Å². The Morgan fingerprint density at radius 1 is 1.32 bits per heavy atom. The molecule has 0 radical (unpaired) electrons. The summed E-state index contributed by atoms with van der Waals surface area (Å²) in [4.78, 5) is 22.8. The van der Waals surface area contributed by atoms with E-state index in [4.69, 9.17) is 14.9 Å². The molecule has 3 heterocycles. The Labute approximate surface area is 195 Å². The van der Waals surface area contributed by atoms with Crippen molar-refractivity contribution in [1.82, 2.24) is 34.7 Å². The zero-order valence-electron chi connectivity index (χ0n) is 19.3. The minimum Gasteiger partial charge on any atom is -0.494 e. The molecule has 12 heteroatoms. The Hall–Kier alpha value is -4.27. The van der Waals surface area contributed by atoms with Gasteiger partial charge in [0.1, 0.15) is 0 Å². The number of aryl methyl sites for hydroxylation is 2. The van der Waals surface area contributed by atoms with Crippen LogP contribution in [0.15, 0.2) is 16.5 Å². The molecule has 0 spiro atoms. The van der Waals surface area contributed by atoms with Gasteiger partial charge < -0.3 is 19.8 Å². The molecule has 0 unspecified atom stereocenters. The first-order valence-corrected chi connectivity index (χ1v) is 10.4. The number of amides is 1. The van der Waals surface area contributed by atoms with Crippen molar-refractivity contribution >= 4 is 28.4 Å². The second-order valence-electron chi connectivity index (χ2n) is 7.52. The number of hydrogen-bond acceptors (Lipinski definition) is 9. The number of carbonyl (C=O) groups is 1. The molecule has 1 amide bonds. The van der Waals surface area contributed by atoms with Crippen LogP contribution < -0.4 is 10.5 Å². The Kier molecular flexibility index (Phi) is 7.25. The number of terminal acetylenes is 1. The zero-order chi connectivity index (χ0) is 25.0. The Bertz CT molecular complexity index is 1350. The van der Waals surface area contributed by atoms with Crippen LogP contribution in [-0.4, -0.2) is 60.8 Å². The molecule has 178 valence electrons. The van der Waals surface area contributed by atoms with Gasteiger partial charge in [0.25, 0.3) is 0 Å². The topological polar surface area (TPSA) is 138 Å². The van der Waals surface area contributed by atoms with E-state index in [1.807, 2.05) is 6.92 Å². The van der Waals surface area contributed by atoms with E-state index in [0.29, 0.717) is 47.5 Å². The van der Waals surface area contributed by atoms with E-state index in [1.165, 1.54) is 23.8 Å². The van der Waals surface area contributed by atoms with Crippen molar-refractivity contribution in [2.45, 2.75) is 39.2 Å². The first kappa shape index (κ1) is 24.4. The SMILES string of the molecule is C#C.COc1cc2nc(N)n3nc(CCC[C@H](C)N(C)C(=O)c4nnc(C)o4)nc3c2cc1F. The fourth-order valence-electron chi connectivity index (χ4n) is 3.42. The van der Waals surface area contributed by atoms with E-state index in [9.17, 15) is 9.18 Å². The van der Waals surface area contributed by atoms with Crippen molar-refractivity contribution in [3.8, 4) is 18.6 Å². The lowest BCUT2D eigenvalue weighted by molar-refractivity contribution is 0.0694. The number of carbonyl (C=O) groups excluding carboxylic acids is 1. The molecule has 0 bridgehead atoms. The van der Waals surface area contributed by atoms with Crippen molar-refractivity contribution in [1.29, 1.82) is 0 Å². The molecule has 2 N–H and O–H groups in total. The smallest absolute Gasteiger partial charge is 0.311 e. The van der Waals surface area contributed by atoms with E-state index in [0.717, 1.165) is 0 Å². The summed E-state index contributed by atoms with van der Waals surface area (Å²) >= 11 is 0. The highest BCUT2D eigenvalue weighted by molar-refractivity contribution is 5.93. The maximum atomic E-state index is 14.2. The fourth-order valence-corrected chi connectivity index (χ4v) is 3.42. The number of nitrogens with two attached hydrogens (primary N) is 1. The highest BCUT2D eigenvalue weighted by atomic mass is 19.1. The van der Waals surface area contributed by atoms with Gasteiger partial charge in [-0.2, -0.15) is 4.52 Å². The molecular weight excluding hydrogens is 443 g/mol. The molecule has 0 aliphatic carbocycles. The van der Waals surface area contributed by atoms with Gasteiger partial charge in [-0.3, -0.25) is 4.79 Å². The third-order valence-corrected chi connectivity index (χ3v) is 5.33. The Morgan fingerprint density at radius 3 is 2.71 bits per heavy atom. The second kappa shape index (κ2) is 10.1. The van der Waals surface area contributed by atoms with Crippen LogP contribution in [0.3, 0.4) is 0 Å². The predicted molar refractivity (Wildman–Crippen MR) is 123 cm³/mol. The van der Waals surface area contributed by atoms with Gasteiger partial charge in [0.15, 0.2) is 23.0 Å². The van der Waals surface area contributed by atoms with E-state index in [2.05, 4.69) is 38.1 Å². The molecule has 0 aliphatic heterocycles. The fraction of sp³-hybridized carbons (Fsp3) is 0.364. The van der Waals surface area contributed by atoms with Crippen LogP contribution >= 0.6 is 0 Å². The highest BCUT2D eigenvalue weighted by Crippen LogP contribution is 2.27. The van der Waals surface area contributed by atoms with Crippen LogP contribution in [0.25, 0.3) is 16.6 Å². The molecule has 0 aliphatic rings. The summed E-state index contributed by atoms with van der Waals surface area (Å²) in [5.74, 6) is 0.244. The normalized spacial score (nSPS) is 11.7. The van der Waals surface area contributed by atoms with Gasteiger partial charge >= 0.3 is 11.8 Å². The van der Waals surface area contributed by atoms with Crippen molar-refractivity contribution in [3.05, 3.63) is 35.6 Å². The van der Waals surface area contributed by atoms with Crippen LogP contribution in [0, 0.1) is 25.6 Å². The molecular formula is C22H25FN8O3. The van der Waals surface area contributed by atoms with Gasteiger partial charge in [-0.1, -0.05) is 0 Å². The van der Waals surface area contributed by atoms with Gasteiger partial charge in [-0.15, -0.1) is 28.1 Å². The van der Waals surface area contributed by atoms with Crippen molar-refractivity contribution in [2.24, 2.45) is 0 Å². The highest BCUT2D eigenvalue weighted by Gasteiger charge is 2.22. The number of anilines is 1. The third-order valence-electron chi connectivity index (χ3n) is 5.33. The van der Waals surface area contributed by atoms with Crippen molar-refractivity contribution < 1.29 is 18.3 Å². The molecule has 0 saturated heterocycles. The number of hydrogen-bond donors (Lipinski definition) is 1. The number of aromatic nitrogens is 6. The average Bonchev–Trinajstić information content (AvgIpc) is 3.46. The Morgan fingerprint density at radius 2 is 2.06 bits per heavy atom. The molecule has 1 atom stereocenters. The summed E-state index contributed by atoms with van der Waals surface area (Å²) in [7, 11) is 3.08. The van der Waals surface area contributed by atoms with E-state index in [1.54, 1.807) is 18.9 Å². The molecule has 34 heavy (non-hydrogen) atoms. The lowest BCUT2D eigenvalue weighted by Gasteiger charge is -2.23. The lowest BCUT2D eigenvalue weighted by atomic mass is 10.1. The third kappa shape index (κ3) is 4.73. The summed E-state index contributed by atoms with van der Waals surface area (Å²) in [5, 5.41) is 12.4. The number of ether oxygens (including phenoxy) is 1. The van der Waals surface area contributed by atoms with Gasteiger partial charge in [0.05, 0.1) is 12.6 Å². The van der Waals surface area contributed by atoms with Crippen LogP contribution in [0.5, 0.6) is 5.75 Å². The minimum atomic E-state index is -0.518. The first-order chi connectivity index (χ1) is 16.3.